The maximum Gasteiger partial charge on any atom is 0.00997 e. The van der Waals surface area contributed by atoms with Gasteiger partial charge in [-0.25, -0.2) is 0 Å². The van der Waals surface area contributed by atoms with Gasteiger partial charge < -0.3 is 0 Å². The van der Waals surface area contributed by atoms with Crippen LogP contribution in [0.2, 0.25) is 0 Å². The zero-order valence-corrected chi connectivity index (χ0v) is 5.50. The fraction of sp³-hybridized carbons (Fsp3) is 0.667. The summed E-state index contributed by atoms with van der Waals surface area (Å²) >= 11 is 4.80. The van der Waals surface area contributed by atoms with E-state index in [0.29, 0.717) is 5.92 Å². The predicted molar refractivity (Wildman–Crippen MR) is 36.4 cm³/mol. The minimum Gasteiger partial charge on any atom is -0.103 e. The lowest BCUT2D eigenvalue weighted by atomic mass is 10.1. The van der Waals surface area contributed by atoms with Crippen molar-refractivity contribution in [2.75, 3.05) is 5.75 Å². The van der Waals surface area contributed by atoms with Gasteiger partial charge in [-0.05, 0) is 12.3 Å². The van der Waals surface area contributed by atoms with Gasteiger partial charge in [0.25, 0.3) is 0 Å². The summed E-state index contributed by atoms with van der Waals surface area (Å²) in [6.07, 6.45) is 3.06. The van der Waals surface area contributed by atoms with E-state index in [0.717, 1.165) is 12.2 Å². The predicted octanol–water partition coefficient (Wildman–Crippen LogP) is 2.40. The highest BCUT2D eigenvalue weighted by Crippen LogP contribution is 2.03. The Labute approximate surface area is 51.0 Å². The molecule has 0 bridgehead atoms. The largest absolute Gasteiger partial charge is 0.103 e. The molecule has 0 spiro atoms. The molecule has 0 saturated carbocycles. The number of hydrogen-bond acceptors (Lipinski definition) is 0. The van der Waals surface area contributed by atoms with Crippen LogP contribution in [0.25, 0.3) is 0 Å². The summed E-state index contributed by atoms with van der Waals surface area (Å²) in [7, 11) is 0. The van der Waals surface area contributed by atoms with Crippen LogP contribution in [-0.4, -0.2) is 5.75 Å². The van der Waals surface area contributed by atoms with Crippen LogP contribution in [0.3, 0.4) is 0 Å². The van der Waals surface area contributed by atoms with Crippen LogP contribution in [0, 0.1) is 5.92 Å². The maximum absolute atomic E-state index is 4.80. The third-order valence-electron chi connectivity index (χ3n) is 1.07. The molecule has 0 aliphatic rings. The third-order valence-corrected chi connectivity index (χ3v) is 1.50. The second-order valence-electron chi connectivity index (χ2n) is 1.57. The Morgan fingerprint density at radius 2 is 2.43 bits per heavy atom. The number of rotatable bonds is 3. The first kappa shape index (κ1) is 7.09. The fourth-order valence-electron chi connectivity index (χ4n) is 0.353. The molecule has 1 unspecified atom stereocenters. The van der Waals surface area contributed by atoms with Crippen molar-refractivity contribution in [1.82, 2.24) is 0 Å². The zero-order valence-electron chi connectivity index (χ0n) is 4.68. The van der Waals surface area contributed by atoms with Crippen molar-refractivity contribution in [2.45, 2.75) is 13.3 Å². The quantitative estimate of drug-likeness (QED) is 0.495. The van der Waals surface area contributed by atoms with E-state index in [9.17, 15) is 0 Å². The summed E-state index contributed by atoms with van der Waals surface area (Å²) < 4.78 is 0. The molecule has 41 valence electrons. The van der Waals surface area contributed by atoms with E-state index in [1.165, 1.54) is 0 Å². The van der Waals surface area contributed by atoms with E-state index in [1.807, 2.05) is 6.08 Å². The summed E-state index contributed by atoms with van der Waals surface area (Å²) in [6.45, 7) is 5.76. The van der Waals surface area contributed by atoms with Gasteiger partial charge in [-0.3, -0.25) is 0 Å². The number of hydrogen-bond donors (Lipinski definition) is 0. The molecule has 1 heteroatoms. The Morgan fingerprint density at radius 1 is 1.86 bits per heavy atom. The second kappa shape index (κ2) is 4.25. The summed E-state index contributed by atoms with van der Waals surface area (Å²) in [5.74, 6) is 1.38. The van der Waals surface area contributed by atoms with Crippen LogP contribution in [0.1, 0.15) is 13.3 Å². The molecular weight excluding hydrogens is 104 g/mol. The highest BCUT2D eigenvalue weighted by Gasteiger charge is 1.93. The minimum atomic E-state index is 0.565. The summed E-state index contributed by atoms with van der Waals surface area (Å²) in [6, 6.07) is 0. The van der Waals surface area contributed by atoms with Gasteiger partial charge in [0.05, 0.1) is 0 Å². The van der Waals surface area contributed by atoms with Gasteiger partial charge in [-0.15, -0.1) is 6.58 Å². The topological polar surface area (TPSA) is 0 Å². The first-order valence-electron chi connectivity index (χ1n) is 2.55. The van der Waals surface area contributed by atoms with Crippen molar-refractivity contribution in [3.63, 3.8) is 0 Å². The summed E-state index contributed by atoms with van der Waals surface area (Å²) in [4.78, 5) is 0. The van der Waals surface area contributed by atoms with E-state index in [-0.39, 0.29) is 0 Å². The molecule has 0 aliphatic carbocycles. The Morgan fingerprint density at radius 3 is 2.43 bits per heavy atom. The minimum absolute atomic E-state index is 0.565. The van der Waals surface area contributed by atoms with Gasteiger partial charge in [-0.1, -0.05) is 25.6 Å². The highest BCUT2D eigenvalue weighted by molar-refractivity contribution is 7.80. The molecule has 0 aromatic heterocycles. The Bertz CT molecular complexity index is 46.1. The van der Waals surface area contributed by atoms with Crippen molar-refractivity contribution in [3.8, 4) is 0 Å². The van der Waals surface area contributed by atoms with Crippen LogP contribution < -0.4 is 0 Å². The molecule has 0 amide bonds. The highest BCUT2D eigenvalue weighted by atomic mass is 32.1. The first-order valence-corrected chi connectivity index (χ1v) is 3.13. The summed E-state index contributed by atoms with van der Waals surface area (Å²) in [5, 5.41) is 0. The van der Waals surface area contributed by atoms with Crippen molar-refractivity contribution in [3.05, 3.63) is 12.7 Å². The van der Waals surface area contributed by atoms with Gasteiger partial charge in [0, 0.05) is 5.75 Å². The lowest BCUT2D eigenvalue weighted by Crippen LogP contribution is -1.92. The average molecular weight is 115 g/mol. The molecule has 0 heterocycles. The van der Waals surface area contributed by atoms with Gasteiger partial charge in [0.1, 0.15) is 0 Å². The molecule has 0 rings (SSSR count). The first-order chi connectivity index (χ1) is 3.35. The molecule has 0 aromatic carbocycles. The van der Waals surface area contributed by atoms with Crippen LogP contribution in [0.15, 0.2) is 12.7 Å². The van der Waals surface area contributed by atoms with E-state index < -0.39 is 0 Å². The van der Waals surface area contributed by atoms with Crippen molar-refractivity contribution in [2.24, 2.45) is 5.92 Å². The van der Waals surface area contributed by atoms with Gasteiger partial charge in [-0.2, -0.15) is 0 Å². The molecule has 1 atom stereocenters. The monoisotopic (exact) mass is 115 g/mol. The van der Waals surface area contributed by atoms with Crippen LogP contribution in [-0.2, 0) is 0 Å². The SMILES string of the molecule is C=CC(CC)C[S]. The second-order valence-corrected chi connectivity index (χ2v) is 1.90. The van der Waals surface area contributed by atoms with E-state index in [2.05, 4.69) is 13.5 Å². The van der Waals surface area contributed by atoms with Crippen LogP contribution >= 0.6 is 12.6 Å². The van der Waals surface area contributed by atoms with Gasteiger partial charge in [0.2, 0.25) is 0 Å². The van der Waals surface area contributed by atoms with Gasteiger partial charge >= 0.3 is 0 Å². The van der Waals surface area contributed by atoms with Crippen molar-refractivity contribution >= 4 is 12.6 Å². The van der Waals surface area contributed by atoms with E-state index in [1.54, 1.807) is 0 Å². The third kappa shape index (κ3) is 2.75. The number of allylic oxidation sites excluding steroid dienone is 1. The molecule has 0 nitrogen and oxygen atoms in total. The standard InChI is InChI=1S/C6H11S/c1-3-6(4-2)5-7/h3,6H,1,4-5H2,2H3. The molecule has 1 radical (unpaired) electrons. The average Bonchev–Trinajstić information content (AvgIpc) is 1.72. The van der Waals surface area contributed by atoms with Crippen LogP contribution in [0.4, 0.5) is 0 Å². The van der Waals surface area contributed by atoms with Gasteiger partial charge in [0.15, 0.2) is 0 Å². The lowest BCUT2D eigenvalue weighted by molar-refractivity contribution is 0.713. The fourth-order valence-corrected chi connectivity index (χ4v) is 0.724. The maximum atomic E-state index is 4.80. The Balaban J connectivity index is 3.16. The van der Waals surface area contributed by atoms with Crippen molar-refractivity contribution < 1.29 is 0 Å². The summed E-state index contributed by atoms with van der Waals surface area (Å²) in [5.41, 5.74) is 0. The molecule has 0 fully saturated rings. The Hall–Kier alpha value is 0.0900. The smallest absolute Gasteiger partial charge is 0.00997 e. The normalized spacial score (nSPS) is 13.4. The van der Waals surface area contributed by atoms with E-state index >= 15 is 0 Å². The molecule has 0 saturated heterocycles. The Kier molecular flexibility index (Phi) is 4.31. The molecule has 0 aromatic rings. The molecule has 0 aliphatic heterocycles. The van der Waals surface area contributed by atoms with E-state index in [4.69, 9.17) is 12.6 Å². The van der Waals surface area contributed by atoms with Crippen LogP contribution in [0.5, 0.6) is 0 Å². The van der Waals surface area contributed by atoms with Crippen molar-refractivity contribution in [1.29, 1.82) is 0 Å². The molecular formula is C6H11S. The molecule has 7 heavy (non-hydrogen) atoms. The zero-order chi connectivity index (χ0) is 5.70. The molecule has 0 N–H and O–H groups in total. The lowest BCUT2D eigenvalue weighted by Gasteiger charge is -2.00.